The molecule has 1 saturated heterocycles. The predicted octanol–water partition coefficient (Wildman–Crippen LogP) is 3.04. The summed E-state index contributed by atoms with van der Waals surface area (Å²) in [6.07, 6.45) is 3.39. The van der Waals surface area contributed by atoms with Gasteiger partial charge in [0.15, 0.2) is 0 Å². The van der Waals surface area contributed by atoms with Crippen molar-refractivity contribution in [1.82, 2.24) is 4.90 Å². The van der Waals surface area contributed by atoms with Crippen LogP contribution in [0.4, 0.5) is 4.79 Å². The fraction of sp³-hybridized carbons (Fsp3) is 0.917. The van der Waals surface area contributed by atoms with Gasteiger partial charge < -0.3 is 9.64 Å². The van der Waals surface area contributed by atoms with E-state index in [9.17, 15) is 4.79 Å². The van der Waals surface area contributed by atoms with Crippen LogP contribution in [0.5, 0.6) is 0 Å². The van der Waals surface area contributed by atoms with Crippen molar-refractivity contribution in [3.8, 4) is 0 Å². The first kappa shape index (κ1) is 12.3. The predicted molar refractivity (Wildman–Crippen MR) is 60.8 cm³/mol. The minimum Gasteiger partial charge on any atom is -0.444 e. The smallest absolute Gasteiger partial charge is 0.410 e. The van der Waals surface area contributed by atoms with Crippen LogP contribution in [-0.2, 0) is 4.74 Å². The summed E-state index contributed by atoms with van der Waals surface area (Å²) in [4.78, 5) is 13.7. The Morgan fingerprint density at radius 1 is 1.33 bits per heavy atom. The third-order valence-corrected chi connectivity index (χ3v) is 2.56. The summed E-state index contributed by atoms with van der Waals surface area (Å²) in [7, 11) is 0. The molecule has 0 aromatic heterocycles. The molecule has 0 aromatic carbocycles. The van der Waals surface area contributed by atoms with Gasteiger partial charge in [-0.25, -0.2) is 4.79 Å². The van der Waals surface area contributed by atoms with Gasteiger partial charge in [0, 0.05) is 13.1 Å². The van der Waals surface area contributed by atoms with Crippen molar-refractivity contribution in [2.75, 3.05) is 13.1 Å². The fourth-order valence-electron chi connectivity index (χ4n) is 1.85. The van der Waals surface area contributed by atoms with Gasteiger partial charge in [-0.15, -0.1) is 0 Å². The molecule has 1 fully saturated rings. The topological polar surface area (TPSA) is 29.5 Å². The first-order valence-electron chi connectivity index (χ1n) is 5.86. The van der Waals surface area contributed by atoms with Crippen LogP contribution in [-0.4, -0.2) is 29.7 Å². The highest BCUT2D eigenvalue weighted by molar-refractivity contribution is 5.68. The van der Waals surface area contributed by atoms with Gasteiger partial charge in [0.2, 0.25) is 0 Å². The van der Waals surface area contributed by atoms with Crippen LogP contribution in [0.3, 0.4) is 0 Å². The van der Waals surface area contributed by atoms with Crippen LogP contribution in [0.15, 0.2) is 0 Å². The molecule has 0 bridgehead atoms. The Hall–Kier alpha value is -0.730. The molecular weight excluding hydrogens is 190 g/mol. The zero-order chi connectivity index (χ0) is 11.5. The quantitative estimate of drug-likeness (QED) is 0.619. The largest absolute Gasteiger partial charge is 0.444 e. The van der Waals surface area contributed by atoms with E-state index >= 15 is 0 Å². The van der Waals surface area contributed by atoms with Crippen LogP contribution in [0.1, 0.15) is 47.0 Å². The molecule has 1 rings (SSSR count). The highest BCUT2D eigenvalue weighted by atomic mass is 16.6. The summed E-state index contributed by atoms with van der Waals surface area (Å²) >= 11 is 0. The lowest BCUT2D eigenvalue weighted by molar-refractivity contribution is 0.0238. The van der Waals surface area contributed by atoms with Crippen molar-refractivity contribution in [2.24, 2.45) is 5.92 Å². The SMILES string of the molecule is C[C@@H]1CCCCN(C(=O)OC(C)(C)C)C1. The zero-order valence-corrected chi connectivity index (χ0v) is 10.4. The van der Waals surface area contributed by atoms with E-state index in [1.165, 1.54) is 12.8 Å². The normalized spacial score (nSPS) is 23.5. The van der Waals surface area contributed by atoms with E-state index < -0.39 is 0 Å². The molecule has 1 atom stereocenters. The van der Waals surface area contributed by atoms with Gasteiger partial charge in [-0.1, -0.05) is 13.3 Å². The average molecular weight is 213 g/mol. The molecule has 1 aliphatic heterocycles. The number of nitrogens with zero attached hydrogens (tertiary/aromatic N) is 1. The summed E-state index contributed by atoms with van der Waals surface area (Å²) in [6, 6.07) is 0. The Labute approximate surface area is 92.8 Å². The molecule has 0 aromatic rings. The summed E-state index contributed by atoms with van der Waals surface area (Å²) < 4.78 is 5.37. The van der Waals surface area contributed by atoms with E-state index in [4.69, 9.17) is 4.74 Å². The van der Waals surface area contributed by atoms with Crippen molar-refractivity contribution in [2.45, 2.75) is 52.6 Å². The summed E-state index contributed by atoms with van der Waals surface area (Å²) in [5.74, 6) is 0.597. The van der Waals surface area contributed by atoms with Crippen molar-refractivity contribution < 1.29 is 9.53 Å². The van der Waals surface area contributed by atoms with Crippen LogP contribution in [0.25, 0.3) is 0 Å². The molecular formula is C12H23NO2. The van der Waals surface area contributed by atoms with Gasteiger partial charge in [-0.3, -0.25) is 0 Å². The second-order valence-electron chi connectivity index (χ2n) is 5.53. The molecule has 3 heteroatoms. The molecule has 88 valence electrons. The molecule has 0 N–H and O–H groups in total. The highest BCUT2D eigenvalue weighted by Crippen LogP contribution is 2.18. The minimum atomic E-state index is -0.382. The van der Waals surface area contributed by atoms with Crippen LogP contribution < -0.4 is 0 Å². The Balaban J connectivity index is 2.50. The number of hydrogen-bond acceptors (Lipinski definition) is 2. The highest BCUT2D eigenvalue weighted by Gasteiger charge is 2.24. The number of rotatable bonds is 0. The Bertz CT molecular complexity index is 220. The molecule has 0 radical (unpaired) electrons. The Morgan fingerprint density at radius 2 is 2.00 bits per heavy atom. The number of carbonyl (C=O) groups excluding carboxylic acids is 1. The third kappa shape index (κ3) is 4.54. The van der Waals surface area contributed by atoms with Crippen molar-refractivity contribution in [3.63, 3.8) is 0 Å². The van der Waals surface area contributed by atoms with E-state index in [1.807, 2.05) is 25.7 Å². The molecule has 1 aliphatic rings. The average Bonchev–Trinajstić information content (AvgIpc) is 2.26. The number of likely N-dealkylation sites (tertiary alicyclic amines) is 1. The molecule has 1 heterocycles. The summed E-state index contributed by atoms with van der Waals surface area (Å²) in [5, 5.41) is 0. The van der Waals surface area contributed by atoms with Gasteiger partial charge in [-0.05, 0) is 39.5 Å². The van der Waals surface area contributed by atoms with Crippen molar-refractivity contribution >= 4 is 6.09 Å². The number of carbonyl (C=O) groups is 1. The van der Waals surface area contributed by atoms with Gasteiger partial charge in [0.1, 0.15) is 5.60 Å². The number of hydrogen-bond donors (Lipinski definition) is 0. The Morgan fingerprint density at radius 3 is 2.60 bits per heavy atom. The molecule has 0 aliphatic carbocycles. The lowest BCUT2D eigenvalue weighted by atomic mass is 10.1. The fourth-order valence-corrected chi connectivity index (χ4v) is 1.85. The first-order valence-corrected chi connectivity index (χ1v) is 5.86. The summed E-state index contributed by atoms with van der Waals surface area (Å²) in [6.45, 7) is 9.61. The monoisotopic (exact) mass is 213 g/mol. The van der Waals surface area contributed by atoms with E-state index in [2.05, 4.69) is 6.92 Å². The van der Waals surface area contributed by atoms with Gasteiger partial charge in [-0.2, -0.15) is 0 Å². The van der Waals surface area contributed by atoms with Gasteiger partial charge in [0.05, 0.1) is 0 Å². The van der Waals surface area contributed by atoms with Crippen LogP contribution >= 0.6 is 0 Å². The maximum atomic E-state index is 11.8. The standard InChI is InChI=1S/C12H23NO2/c1-10-7-5-6-8-13(9-10)11(14)15-12(2,3)4/h10H,5-9H2,1-4H3/t10-/m1/s1. The molecule has 1 amide bonds. The lowest BCUT2D eigenvalue weighted by Crippen LogP contribution is -2.38. The molecule has 0 unspecified atom stereocenters. The molecule has 0 spiro atoms. The maximum Gasteiger partial charge on any atom is 0.410 e. The number of amides is 1. The zero-order valence-electron chi connectivity index (χ0n) is 10.4. The van der Waals surface area contributed by atoms with E-state index in [1.54, 1.807) is 0 Å². The second-order valence-corrected chi connectivity index (χ2v) is 5.53. The first-order chi connectivity index (χ1) is 6.88. The third-order valence-electron chi connectivity index (χ3n) is 2.56. The van der Waals surface area contributed by atoms with E-state index in [0.717, 1.165) is 19.5 Å². The van der Waals surface area contributed by atoms with Crippen LogP contribution in [0, 0.1) is 5.92 Å². The van der Waals surface area contributed by atoms with Crippen molar-refractivity contribution in [1.29, 1.82) is 0 Å². The van der Waals surface area contributed by atoms with Gasteiger partial charge >= 0.3 is 6.09 Å². The molecule has 15 heavy (non-hydrogen) atoms. The van der Waals surface area contributed by atoms with Crippen molar-refractivity contribution in [3.05, 3.63) is 0 Å². The summed E-state index contributed by atoms with van der Waals surface area (Å²) in [5.41, 5.74) is -0.382. The van der Waals surface area contributed by atoms with E-state index in [-0.39, 0.29) is 11.7 Å². The number of ether oxygens (including phenoxy) is 1. The molecule has 0 saturated carbocycles. The van der Waals surface area contributed by atoms with Gasteiger partial charge in [0.25, 0.3) is 0 Å². The van der Waals surface area contributed by atoms with E-state index in [0.29, 0.717) is 5.92 Å². The Kier molecular flexibility index (Phi) is 4.00. The minimum absolute atomic E-state index is 0.156. The second kappa shape index (κ2) is 4.86. The maximum absolute atomic E-state index is 11.8. The van der Waals surface area contributed by atoms with Crippen LogP contribution in [0.2, 0.25) is 0 Å². The lowest BCUT2D eigenvalue weighted by Gasteiger charge is -2.27. The molecule has 3 nitrogen and oxygen atoms in total.